The standard InChI is InChI=1S/C19H17Cl2NO5/c1-3-16(23)26-15-8-6-5-7-14(15)22-19(25)11-9-12(20)18(13(21)10-11)27-17(24)4-2/h5-10H,3-4H2,1-2H3,(H,22,25). The number of anilines is 1. The van der Waals surface area contributed by atoms with Gasteiger partial charge in [0.15, 0.2) is 11.5 Å². The predicted molar refractivity (Wildman–Crippen MR) is 103 cm³/mol. The Morgan fingerprint density at radius 3 is 2.07 bits per heavy atom. The van der Waals surface area contributed by atoms with E-state index in [1.54, 1.807) is 38.1 Å². The maximum Gasteiger partial charge on any atom is 0.310 e. The molecule has 1 amide bonds. The van der Waals surface area contributed by atoms with Crippen molar-refractivity contribution in [2.45, 2.75) is 26.7 Å². The number of carbonyl (C=O) groups is 3. The van der Waals surface area contributed by atoms with Gasteiger partial charge < -0.3 is 14.8 Å². The maximum absolute atomic E-state index is 12.5. The van der Waals surface area contributed by atoms with Gasteiger partial charge in [0.1, 0.15) is 0 Å². The average Bonchev–Trinajstić information content (AvgIpc) is 2.65. The minimum Gasteiger partial charge on any atom is -0.424 e. The smallest absolute Gasteiger partial charge is 0.310 e. The Morgan fingerprint density at radius 1 is 0.926 bits per heavy atom. The molecule has 0 heterocycles. The van der Waals surface area contributed by atoms with E-state index in [-0.39, 0.29) is 39.9 Å². The zero-order valence-corrected chi connectivity index (χ0v) is 16.2. The molecule has 1 N–H and O–H groups in total. The predicted octanol–water partition coefficient (Wildman–Crippen LogP) is 4.88. The molecular weight excluding hydrogens is 393 g/mol. The van der Waals surface area contributed by atoms with Gasteiger partial charge in [-0.2, -0.15) is 0 Å². The monoisotopic (exact) mass is 409 g/mol. The van der Waals surface area contributed by atoms with E-state index in [0.29, 0.717) is 5.69 Å². The number of halogens is 2. The summed E-state index contributed by atoms with van der Waals surface area (Å²) in [5.74, 6) is -1.22. The number of benzene rings is 2. The lowest BCUT2D eigenvalue weighted by molar-refractivity contribution is -0.134. The highest BCUT2D eigenvalue weighted by Gasteiger charge is 2.18. The first-order valence-corrected chi connectivity index (χ1v) is 8.92. The van der Waals surface area contributed by atoms with Crippen molar-refractivity contribution in [2.75, 3.05) is 5.32 Å². The lowest BCUT2D eigenvalue weighted by atomic mass is 10.2. The van der Waals surface area contributed by atoms with Crippen molar-refractivity contribution in [1.82, 2.24) is 0 Å². The van der Waals surface area contributed by atoms with Crippen LogP contribution in [0.25, 0.3) is 0 Å². The topological polar surface area (TPSA) is 81.7 Å². The van der Waals surface area contributed by atoms with Gasteiger partial charge in [0.05, 0.1) is 15.7 Å². The van der Waals surface area contributed by atoms with Gasteiger partial charge in [-0.05, 0) is 24.3 Å². The molecule has 142 valence electrons. The van der Waals surface area contributed by atoms with Crippen molar-refractivity contribution in [3.8, 4) is 11.5 Å². The molecule has 8 heteroatoms. The molecule has 2 aromatic rings. The molecule has 0 aliphatic rings. The Hall–Kier alpha value is -2.57. The van der Waals surface area contributed by atoms with E-state index >= 15 is 0 Å². The Balaban J connectivity index is 2.24. The van der Waals surface area contributed by atoms with Crippen LogP contribution in [0.2, 0.25) is 10.0 Å². The zero-order valence-electron chi connectivity index (χ0n) is 14.7. The van der Waals surface area contributed by atoms with Crippen molar-refractivity contribution < 1.29 is 23.9 Å². The highest BCUT2D eigenvalue weighted by molar-refractivity contribution is 6.38. The molecule has 0 unspecified atom stereocenters. The van der Waals surface area contributed by atoms with Crippen LogP contribution in [0.1, 0.15) is 37.0 Å². The lowest BCUT2D eigenvalue weighted by Gasteiger charge is -2.12. The SMILES string of the molecule is CCC(=O)Oc1ccccc1NC(=O)c1cc(Cl)c(OC(=O)CC)c(Cl)c1. The van der Waals surface area contributed by atoms with Crippen molar-refractivity contribution >= 4 is 46.7 Å². The van der Waals surface area contributed by atoms with Crippen LogP contribution in [0, 0.1) is 0 Å². The first-order valence-electron chi connectivity index (χ1n) is 8.16. The molecule has 0 spiro atoms. The summed E-state index contributed by atoms with van der Waals surface area (Å²) in [6.07, 6.45) is 0.355. The van der Waals surface area contributed by atoms with E-state index in [2.05, 4.69) is 5.32 Å². The second-order valence-electron chi connectivity index (χ2n) is 5.37. The normalized spacial score (nSPS) is 10.2. The van der Waals surface area contributed by atoms with Crippen molar-refractivity contribution in [3.05, 3.63) is 52.0 Å². The fourth-order valence-corrected chi connectivity index (χ4v) is 2.59. The van der Waals surface area contributed by atoms with Crippen molar-refractivity contribution in [1.29, 1.82) is 0 Å². The number of para-hydroxylation sites is 2. The van der Waals surface area contributed by atoms with E-state index in [1.807, 2.05) is 0 Å². The van der Waals surface area contributed by atoms with Gasteiger partial charge in [0.25, 0.3) is 5.91 Å². The summed E-state index contributed by atoms with van der Waals surface area (Å²) in [4.78, 5) is 35.5. The first-order chi connectivity index (χ1) is 12.8. The summed E-state index contributed by atoms with van der Waals surface area (Å²) >= 11 is 12.2. The van der Waals surface area contributed by atoms with Crippen LogP contribution < -0.4 is 14.8 Å². The third kappa shape index (κ3) is 5.45. The second kappa shape index (κ2) is 9.39. The molecule has 6 nitrogen and oxygen atoms in total. The number of esters is 2. The molecular formula is C19H17Cl2NO5. The molecule has 0 saturated heterocycles. The number of nitrogens with one attached hydrogen (secondary N) is 1. The van der Waals surface area contributed by atoms with Crippen LogP contribution in [0.15, 0.2) is 36.4 Å². The number of amides is 1. The molecule has 0 fully saturated rings. The summed E-state index contributed by atoms with van der Waals surface area (Å²) < 4.78 is 10.3. The summed E-state index contributed by atoms with van der Waals surface area (Å²) in [7, 11) is 0. The molecule has 2 aromatic carbocycles. The van der Waals surface area contributed by atoms with Gasteiger partial charge in [0.2, 0.25) is 0 Å². The third-order valence-corrected chi connectivity index (χ3v) is 3.97. The van der Waals surface area contributed by atoms with Gasteiger partial charge in [-0.1, -0.05) is 49.2 Å². The first kappa shape index (κ1) is 20.7. The van der Waals surface area contributed by atoms with Gasteiger partial charge in [-0.25, -0.2) is 0 Å². The van der Waals surface area contributed by atoms with E-state index < -0.39 is 17.8 Å². The third-order valence-electron chi connectivity index (χ3n) is 3.41. The molecule has 2 rings (SSSR count). The van der Waals surface area contributed by atoms with Crippen molar-refractivity contribution in [3.63, 3.8) is 0 Å². The highest BCUT2D eigenvalue weighted by Crippen LogP contribution is 2.35. The van der Waals surface area contributed by atoms with Gasteiger partial charge in [-0.15, -0.1) is 0 Å². The summed E-state index contributed by atoms with van der Waals surface area (Å²) in [6, 6.07) is 9.20. The van der Waals surface area contributed by atoms with Crippen LogP contribution in [0.5, 0.6) is 11.5 Å². The van der Waals surface area contributed by atoms with Crippen molar-refractivity contribution in [2.24, 2.45) is 0 Å². The Labute approximate surface area is 166 Å². The Kier molecular flexibility index (Phi) is 7.21. The van der Waals surface area contributed by atoms with E-state index in [1.165, 1.54) is 12.1 Å². The number of hydrogen-bond donors (Lipinski definition) is 1. The van der Waals surface area contributed by atoms with E-state index in [4.69, 9.17) is 32.7 Å². The molecule has 0 saturated carbocycles. The summed E-state index contributed by atoms with van der Waals surface area (Å²) in [6.45, 7) is 3.30. The van der Waals surface area contributed by atoms with Crippen LogP contribution in [-0.4, -0.2) is 17.8 Å². The minimum absolute atomic E-state index is 0.000917. The summed E-state index contributed by atoms with van der Waals surface area (Å²) in [5, 5.41) is 2.70. The Morgan fingerprint density at radius 2 is 1.48 bits per heavy atom. The van der Waals surface area contributed by atoms with Crippen LogP contribution in [-0.2, 0) is 9.59 Å². The van der Waals surface area contributed by atoms with Gasteiger partial charge >= 0.3 is 11.9 Å². The quantitative estimate of drug-likeness (QED) is 0.543. The van der Waals surface area contributed by atoms with Crippen LogP contribution in [0.3, 0.4) is 0 Å². The minimum atomic E-state index is -0.521. The van der Waals surface area contributed by atoms with E-state index in [9.17, 15) is 14.4 Å². The van der Waals surface area contributed by atoms with Crippen LogP contribution >= 0.6 is 23.2 Å². The molecule has 0 radical (unpaired) electrons. The van der Waals surface area contributed by atoms with Crippen LogP contribution in [0.4, 0.5) is 5.69 Å². The fraction of sp³-hybridized carbons (Fsp3) is 0.211. The second-order valence-corrected chi connectivity index (χ2v) is 6.19. The molecule has 0 bridgehead atoms. The Bertz CT molecular complexity index is 859. The highest BCUT2D eigenvalue weighted by atomic mass is 35.5. The molecule has 27 heavy (non-hydrogen) atoms. The number of hydrogen-bond acceptors (Lipinski definition) is 5. The van der Waals surface area contributed by atoms with Gasteiger partial charge in [0, 0.05) is 18.4 Å². The van der Waals surface area contributed by atoms with Gasteiger partial charge in [-0.3, -0.25) is 14.4 Å². The number of ether oxygens (including phenoxy) is 2. The fourth-order valence-electron chi connectivity index (χ4n) is 2.02. The molecule has 0 aromatic heterocycles. The number of rotatable bonds is 6. The molecule has 0 atom stereocenters. The lowest BCUT2D eigenvalue weighted by Crippen LogP contribution is -2.15. The summed E-state index contributed by atoms with van der Waals surface area (Å²) in [5.41, 5.74) is 0.468. The maximum atomic E-state index is 12.5. The molecule has 0 aliphatic heterocycles. The average molecular weight is 410 g/mol. The molecule has 0 aliphatic carbocycles. The van der Waals surface area contributed by atoms with E-state index in [0.717, 1.165) is 0 Å². The zero-order chi connectivity index (χ0) is 20.0. The largest absolute Gasteiger partial charge is 0.424 e. The number of carbonyl (C=O) groups excluding carboxylic acids is 3.